The van der Waals surface area contributed by atoms with E-state index in [1.54, 1.807) is 11.3 Å². The summed E-state index contributed by atoms with van der Waals surface area (Å²) in [6.45, 7) is 2.96. The van der Waals surface area contributed by atoms with Gasteiger partial charge >= 0.3 is 0 Å². The number of fused-ring (bicyclic) bond motifs is 1. The Morgan fingerprint density at radius 3 is 3.17 bits per heavy atom. The van der Waals surface area contributed by atoms with Gasteiger partial charge in [-0.15, -0.1) is 11.3 Å². The van der Waals surface area contributed by atoms with Gasteiger partial charge in [-0.3, -0.25) is 4.79 Å². The van der Waals surface area contributed by atoms with Crippen LogP contribution in [0.15, 0.2) is 11.4 Å². The van der Waals surface area contributed by atoms with Gasteiger partial charge in [0, 0.05) is 23.3 Å². The first-order chi connectivity index (χ1) is 8.59. The van der Waals surface area contributed by atoms with Crippen LogP contribution in [0.25, 0.3) is 0 Å². The van der Waals surface area contributed by atoms with Crippen LogP contribution in [-0.4, -0.2) is 29.2 Å². The van der Waals surface area contributed by atoms with Gasteiger partial charge < -0.3 is 4.90 Å². The summed E-state index contributed by atoms with van der Waals surface area (Å²) in [5.41, 5.74) is 1.29. The Kier molecular flexibility index (Phi) is 4.84. The predicted molar refractivity (Wildman–Crippen MR) is 80.6 cm³/mol. The lowest BCUT2D eigenvalue weighted by Gasteiger charge is -2.27. The Balaban J connectivity index is 2.02. The molecule has 2 unspecified atom stereocenters. The third-order valence-electron chi connectivity index (χ3n) is 3.59. The molecule has 1 amide bonds. The molecule has 0 radical (unpaired) electrons. The van der Waals surface area contributed by atoms with Crippen LogP contribution in [0.4, 0.5) is 0 Å². The summed E-state index contributed by atoms with van der Waals surface area (Å²) in [7, 11) is 1.93. The molecule has 1 aromatic rings. The van der Waals surface area contributed by atoms with Gasteiger partial charge in [0.25, 0.3) is 0 Å². The lowest BCUT2D eigenvalue weighted by molar-refractivity contribution is -0.131. The highest BCUT2D eigenvalue weighted by atomic mass is 79.9. The Hall–Kier alpha value is -0.350. The fourth-order valence-corrected chi connectivity index (χ4v) is 3.68. The maximum atomic E-state index is 12.5. The second kappa shape index (κ2) is 6.20. The molecule has 0 spiro atoms. The van der Waals surface area contributed by atoms with Gasteiger partial charge in [0.15, 0.2) is 0 Å². The Morgan fingerprint density at radius 1 is 1.67 bits per heavy atom. The lowest BCUT2D eigenvalue weighted by atomic mass is 9.87. The van der Waals surface area contributed by atoms with Crippen molar-refractivity contribution in [2.24, 2.45) is 0 Å². The average molecular weight is 330 g/mol. The van der Waals surface area contributed by atoms with Crippen LogP contribution in [0, 0.1) is 0 Å². The first kappa shape index (κ1) is 14.1. The van der Waals surface area contributed by atoms with E-state index < -0.39 is 0 Å². The van der Waals surface area contributed by atoms with Crippen LogP contribution < -0.4 is 0 Å². The molecule has 2 nitrogen and oxygen atoms in total. The number of alkyl halides is 1. The monoisotopic (exact) mass is 329 g/mol. The van der Waals surface area contributed by atoms with Crippen molar-refractivity contribution in [1.29, 1.82) is 0 Å². The molecule has 0 bridgehead atoms. The molecule has 0 saturated heterocycles. The molecule has 1 aliphatic carbocycles. The zero-order valence-corrected chi connectivity index (χ0v) is 13.4. The Morgan fingerprint density at radius 2 is 2.44 bits per heavy atom. The first-order valence-corrected chi connectivity index (χ1v) is 8.34. The molecule has 1 aromatic heterocycles. The van der Waals surface area contributed by atoms with Crippen LogP contribution in [0.1, 0.15) is 42.5 Å². The van der Waals surface area contributed by atoms with Crippen LogP contribution >= 0.6 is 27.3 Å². The Labute approximate surface area is 122 Å². The molecule has 1 heterocycles. The van der Waals surface area contributed by atoms with Gasteiger partial charge in [0.1, 0.15) is 0 Å². The van der Waals surface area contributed by atoms with Crippen molar-refractivity contribution in [3.63, 3.8) is 0 Å². The molecule has 0 aliphatic heterocycles. The number of carbonyl (C=O) groups is 1. The summed E-state index contributed by atoms with van der Waals surface area (Å²) in [6.07, 6.45) is 4.31. The third kappa shape index (κ3) is 3.15. The molecule has 2 rings (SSSR count). The summed E-state index contributed by atoms with van der Waals surface area (Å²) in [6, 6.07) is 2.14. The van der Waals surface area contributed by atoms with Crippen molar-refractivity contribution in [3.05, 3.63) is 21.9 Å². The van der Waals surface area contributed by atoms with E-state index in [1.165, 1.54) is 10.4 Å². The normalized spacial score (nSPS) is 20.3. The largest absolute Gasteiger partial charge is 0.345 e. The van der Waals surface area contributed by atoms with E-state index in [4.69, 9.17) is 0 Å². The summed E-state index contributed by atoms with van der Waals surface area (Å²) in [5.74, 6) is 0.401. The van der Waals surface area contributed by atoms with Crippen molar-refractivity contribution in [2.45, 2.75) is 43.4 Å². The second-order valence-corrected chi connectivity index (χ2v) is 7.64. The SMILES string of the molecule is CC(Br)CCN(C)C(=O)C1CCCc2sccc21. The van der Waals surface area contributed by atoms with E-state index in [0.717, 1.165) is 32.2 Å². The summed E-state index contributed by atoms with van der Waals surface area (Å²) < 4.78 is 0. The number of likely N-dealkylation sites (N-methyl/N-ethyl adjacent to an activating group) is 1. The summed E-state index contributed by atoms with van der Waals surface area (Å²) >= 11 is 5.33. The van der Waals surface area contributed by atoms with Crippen molar-refractivity contribution >= 4 is 33.2 Å². The molecule has 1 aliphatic rings. The van der Waals surface area contributed by atoms with E-state index in [0.29, 0.717) is 10.7 Å². The van der Waals surface area contributed by atoms with E-state index in [9.17, 15) is 4.79 Å². The molecular weight excluding hydrogens is 310 g/mol. The number of hydrogen-bond donors (Lipinski definition) is 0. The topological polar surface area (TPSA) is 20.3 Å². The number of nitrogens with zero attached hydrogens (tertiary/aromatic N) is 1. The fraction of sp³-hybridized carbons (Fsp3) is 0.643. The van der Waals surface area contributed by atoms with Crippen LogP contribution in [0.5, 0.6) is 0 Å². The lowest BCUT2D eigenvalue weighted by Crippen LogP contribution is -2.34. The summed E-state index contributed by atoms with van der Waals surface area (Å²) in [5, 5.41) is 2.12. The molecule has 2 atom stereocenters. The minimum Gasteiger partial charge on any atom is -0.345 e. The highest BCUT2D eigenvalue weighted by molar-refractivity contribution is 9.09. The quantitative estimate of drug-likeness (QED) is 0.769. The number of carbonyl (C=O) groups excluding carboxylic acids is 1. The van der Waals surface area contributed by atoms with Crippen LogP contribution in [-0.2, 0) is 11.2 Å². The zero-order valence-electron chi connectivity index (χ0n) is 11.0. The molecule has 100 valence electrons. The second-order valence-electron chi connectivity index (χ2n) is 5.07. The Bertz CT molecular complexity index is 416. The molecule has 0 saturated carbocycles. The third-order valence-corrected chi connectivity index (χ3v) is 5.04. The van der Waals surface area contributed by atoms with Crippen LogP contribution in [0.3, 0.4) is 0 Å². The van der Waals surface area contributed by atoms with Crippen LogP contribution in [0.2, 0.25) is 0 Å². The maximum Gasteiger partial charge on any atom is 0.229 e. The summed E-state index contributed by atoms with van der Waals surface area (Å²) in [4.78, 5) is 16.3. The van der Waals surface area contributed by atoms with Gasteiger partial charge in [-0.25, -0.2) is 0 Å². The van der Waals surface area contributed by atoms with Gasteiger partial charge in [0.2, 0.25) is 5.91 Å². The highest BCUT2D eigenvalue weighted by Crippen LogP contribution is 2.35. The van der Waals surface area contributed by atoms with E-state index in [1.807, 2.05) is 11.9 Å². The first-order valence-electron chi connectivity index (χ1n) is 6.55. The fourth-order valence-electron chi connectivity index (χ4n) is 2.49. The van der Waals surface area contributed by atoms with Crippen molar-refractivity contribution in [2.75, 3.05) is 13.6 Å². The van der Waals surface area contributed by atoms with Gasteiger partial charge in [-0.05, 0) is 42.7 Å². The van der Waals surface area contributed by atoms with E-state index in [-0.39, 0.29) is 5.92 Å². The maximum absolute atomic E-state index is 12.5. The highest BCUT2D eigenvalue weighted by Gasteiger charge is 2.29. The molecule has 0 aromatic carbocycles. The van der Waals surface area contributed by atoms with Gasteiger partial charge in [0.05, 0.1) is 5.92 Å². The van der Waals surface area contributed by atoms with Crippen molar-refractivity contribution < 1.29 is 4.79 Å². The van der Waals surface area contributed by atoms with E-state index >= 15 is 0 Å². The molecule has 4 heteroatoms. The molecule has 0 fully saturated rings. The van der Waals surface area contributed by atoms with E-state index in [2.05, 4.69) is 34.3 Å². The average Bonchev–Trinajstić information content (AvgIpc) is 2.82. The van der Waals surface area contributed by atoms with Crippen molar-refractivity contribution in [3.8, 4) is 0 Å². The standard InChI is InChI=1S/C14H20BrNOS/c1-10(15)6-8-16(2)14(17)12-4-3-5-13-11(12)7-9-18-13/h7,9-10,12H,3-6,8H2,1-2H3. The molecule has 18 heavy (non-hydrogen) atoms. The number of aryl methyl sites for hydroxylation is 1. The number of halogens is 1. The smallest absolute Gasteiger partial charge is 0.229 e. The zero-order chi connectivity index (χ0) is 13.1. The van der Waals surface area contributed by atoms with Gasteiger partial charge in [-0.1, -0.05) is 22.9 Å². The molecule has 0 N–H and O–H groups in total. The minimum atomic E-state index is 0.107. The predicted octanol–water partition coefficient (Wildman–Crippen LogP) is 3.80. The number of hydrogen-bond acceptors (Lipinski definition) is 2. The number of thiophene rings is 1. The van der Waals surface area contributed by atoms with Gasteiger partial charge in [-0.2, -0.15) is 0 Å². The number of rotatable bonds is 4. The number of amides is 1. The molecular formula is C14H20BrNOS. The minimum absolute atomic E-state index is 0.107. The van der Waals surface area contributed by atoms with Crippen molar-refractivity contribution in [1.82, 2.24) is 4.90 Å².